The summed E-state index contributed by atoms with van der Waals surface area (Å²) in [5.74, 6) is 0. The first-order valence-electron chi connectivity index (χ1n) is 3.50. The lowest BCUT2D eigenvalue weighted by atomic mass is 10.1. The summed E-state index contributed by atoms with van der Waals surface area (Å²) < 4.78 is 0.436. The summed E-state index contributed by atoms with van der Waals surface area (Å²) in [5.41, 5.74) is 6.65. The molecule has 0 spiro atoms. The van der Waals surface area contributed by atoms with Crippen LogP contribution in [0.25, 0.3) is 0 Å². The molecule has 0 aliphatic rings. The molecule has 2 N–H and O–H groups in total. The van der Waals surface area contributed by atoms with Crippen molar-refractivity contribution in [2.75, 3.05) is 5.73 Å². The summed E-state index contributed by atoms with van der Waals surface area (Å²) >= 11 is 8.81. The minimum Gasteiger partial charge on any atom is -0.396 e. The molecular weight excluding hydrogens is 257 g/mol. The first kappa shape index (κ1) is 10.4. The number of nitrogen functional groups attached to an aromatic ring is 1. The van der Waals surface area contributed by atoms with E-state index >= 15 is 0 Å². The molecule has 1 heterocycles. The average Bonchev–Trinajstić information content (AvgIpc) is 2.10. The van der Waals surface area contributed by atoms with E-state index in [4.69, 9.17) is 17.3 Å². The molecule has 1 aromatic heterocycles. The van der Waals surface area contributed by atoms with Gasteiger partial charge in [0.1, 0.15) is 15.8 Å². The molecule has 6 heteroatoms. The second-order valence-electron chi connectivity index (χ2n) is 2.52. The fraction of sp³-hybridized carbons (Fsp3) is 0.286. The SMILES string of the molecule is CC(N=O)c1cc(Cl)nc(Br)c1N. The summed E-state index contributed by atoms with van der Waals surface area (Å²) in [6, 6.07) is 1.02. The lowest BCUT2D eigenvalue weighted by Crippen LogP contribution is -2.00. The Bertz CT molecular complexity index is 345. The van der Waals surface area contributed by atoms with E-state index < -0.39 is 6.04 Å². The van der Waals surface area contributed by atoms with Crippen molar-refractivity contribution in [1.82, 2.24) is 4.98 Å². The number of hydrogen-bond acceptors (Lipinski definition) is 4. The molecule has 70 valence electrons. The predicted octanol–water partition coefficient (Wildman–Crippen LogP) is 2.91. The summed E-state index contributed by atoms with van der Waals surface area (Å²) in [7, 11) is 0. The summed E-state index contributed by atoms with van der Waals surface area (Å²) in [4.78, 5) is 14.2. The quantitative estimate of drug-likeness (QED) is 0.659. The van der Waals surface area contributed by atoms with Crippen LogP contribution in [0.1, 0.15) is 18.5 Å². The molecule has 0 aliphatic carbocycles. The number of halogens is 2. The normalized spacial score (nSPS) is 12.5. The third-order valence-corrected chi connectivity index (χ3v) is 2.42. The zero-order valence-electron chi connectivity index (χ0n) is 6.79. The van der Waals surface area contributed by atoms with E-state index in [0.717, 1.165) is 0 Å². The van der Waals surface area contributed by atoms with Gasteiger partial charge < -0.3 is 5.73 Å². The maximum atomic E-state index is 10.3. The standard InChI is InChI=1S/C7H7BrClN3O/c1-3(12-13)4-2-5(9)11-7(8)6(4)10/h2-3H,10H2,1H3. The van der Waals surface area contributed by atoms with Gasteiger partial charge in [-0.15, -0.1) is 0 Å². The molecule has 0 amide bonds. The van der Waals surface area contributed by atoms with Crippen LogP contribution < -0.4 is 5.73 Å². The summed E-state index contributed by atoms with van der Waals surface area (Å²) in [5, 5.41) is 3.15. The van der Waals surface area contributed by atoms with Gasteiger partial charge in [0.15, 0.2) is 0 Å². The van der Waals surface area contributed by atoms with Crippen molar-refractivity contribution in [1.29, 1.82) is 0 Å². The summed E-state index contributed by atoms with van der Waals surface area (Å²) in [6.07, 6.45) is 0. The highest BCUT2D eigenvalue weighted by Crippen LogP contribution is 2.30. The zero-order valence-corrected chi connectivity index (χ0v) is 9.13. The van der Waals surface area contributed by atoms with Crippen molar-refractivity contribution < 1.29 is 0 Å². The molecule has 1 unspecified atom stereocenters. The molecule has 1 aromatic rings. The van der Waals surface area contributed by atoms with Gasteiger partial charge in [-0.3, -0.25) is 0 Å². The van der Waals surface area contributed by atoms with Crippen LogP contribution in [0.2, 0.25) is 5.15 Å². The van der Waals surface area contributed by atoms with Gasteiger partial charge in [0.2, 0.25) is 0 Å². The molecule has 0 saturated carbocycles. The van der Waals surface area contributed by atoms with Crippen LogP contribution in [0.3, 0.4) is 0 Å². The molecule has 13 heavy (non-hydrogen) atoms. The van der Waals surface area contributed by atoms with E-state index in [-0.39, 0.29) is 5.15 Å². The van der Waals surface area contributed by atoms with E-state index in [9.17, 15) is 4.91 Å². The van der Waals surface area contributed by atoms with Crippen LogP contribution in [0.15, 0.2) is 15.8 Å². The van der Waals surface area contributed by atoms with Crippen LogP contribution in [-0.2, 0) is 0 Å². The number of aromatic nitrogens is 1. The minimum atomic E-state index is -0.517. The van der Waals surface area contributed by atoms with Gasteiger partial charge in [0.25, 0.3) is 0 Å². The smallest absolute Gasteiger partial charge is 0.131 e. The molecule has 0 fully saturated rings. The predicted molar refractivity (Wildman–Crippen MR) is 55.6 cm³/mol. The van der Waals surface area contributed by atoms with Crippen molar-refractivity contribution in [2.45, 2.75) is 13.0 Å². The lowest BCUT2D eigenvalue weighted by molar-refractivity contribution is 0.811. The molecule has 0 bridgehead atoms. The number of nitrogens with zero attached hydrogens (tertiary/aromatic N) is 2. The number of pyridine rings is 1. The molecule has 4 nitrogen and oxygen atoms in total. The number of nitrogens with two attached hydrogens (primary N) is 1. The number of anilines is 1. The molecule has 0 aromatic carbocycles. The van der Waals surface area contributed by atoms with Crippen LogP contribution in [0.4, 0.5) is 5.69 Å². The fourth-order valence-corrected chi connectivity index (χ4v) is 1.64. The molecule has 1 rings (SSSR count). The van der Waals surface area contributed by atoms with Gasteiger partial charge in [-0.25, -0.2) is 4.98 Å². The molecular formula is C7H7BrClN3O. The van der Waals surface area contributed by atoms with Gasteiger partial charge >= 0.3 is 0 Å². The Morgan fingerprint density at radius 2 is 2.38 bits per heavy atom. The van der Waals surface area contributed by atoms with Crippen molar-refractivity contribution in [3.63, 3.8) is 0 Å². The second-order valence-corrected chi connectivity index (χ2v) is 3.66. The highest BCUT2D eigenvalue weighted by atomic mass is 79.9. The molecule has 1 atom stereocenters. The Labute approximate surface area is 88.6 Å². The van der Waals surface area contributed by atoms with E-state index in [0.29, 0.717) is 15.9 Å². The van der Waals surface area contributed by atoms with Gasteiger partial charge in [-0.1, -0.05) is 16.8 Å². The maximum absolute atomic E-state index is 10.3. The number of rotatable bonds is 2. The number of nitroso groups, excluding NO2 is 1. The fourth-order valence-electron chi connectivity index (χ4n) is 0.914. The van der Waals surface area contributed by atoms with E-state index in [1.54, 1.807) is 6.92 Å². The Morgan fingerprint density at radius 1 is 1.77 bits per heavy atom. The largest absolute Gasteiger partial charge is 0.396 e. The third kappa shape index (κ3) is 2.16. The van der Waals surface area contributed by atoms with Crippen LogP contribution >= 0.6 is 27.5 Å². The Hall–Kier alpha value is -0.680. The van der Waals surface area contributed by atoms with Gasteiger partial charge in [0, 0.05) is 5.56 Å². The highest BCUT2D eigenvalue weighted by Gasteiger charge is 2.13. The minimum absolute atomic E-state index is 0.284. The topological polar surface area (TPSA) is 68.3 Å². The van der Waals surface area contributed by atoms with Crippen molar-refractivity contribution >= 4 is 33.2 Å². The van der Waals surface area contributed by atoms with Gasteiger partial charge in [-0.05, 0) is 28.9 Å². The van der Waals surface area contributed by atoms with Crippen molar-refractivity contribution in [2.24, 2.45) is 5.18 Å². The second kappa shape index (κ2) is 4.02. The van der Waals surface area contributed by atoms with Crippen molar-refractivity contribution in [3.8, 4) is 0 Å². The Kier molecular flexibility index (Phi) is 3.22. The molecule has 0 saturated heterocycles. The van der Waals surface area contributed by atoms with Gasteiger partial charge in [0.05, 0.1) is 5.69 Å². The number of hydrogen-bond donors (Lipinski definition) is 1. The Morgan fingerprint density at radius 3 is 2.92 bits per heavy atom. The molecule has 0 aliphatic heterocycles. The lowest BCUT2D eigenvalue weighted by Gasteiger charge is -2.08. The monoisotopic (exact) mass is 263 g/mol. The zero-order chi connectivity index (χ0) is 10.0. The van der Waals surface area contributed by atoms with Crippen LogP contribution in [-0.4, -0.2) is 4.98 Å². The first-order chi connectivity index (χ1) is 6.06. The highest BCUT2D eigenvalue weighted by molar-refractivity contribution is 9.10. The Balaban J connectivity index is 3.27. The van der Waals surface area contributed by atoms with E-state index in [1.807, 2.05) is 0 Å². The molecule has 0 radical (unpaired) electrons. The average molecular weight is 265 g/mol. The van der Waals surface area contributed by atoms with E-state index in [1.165, 1.54) is 6.07 Å². The van der Waals surface area contributed by atoms with Gasteiger partial charge in [-0.2, -0.15) is 4.91 Å². The van der Waals surface area contributed by atoms with Crippen molar-refractivity contribution in [3.05, 3.63) is 26.3 Å². The van der Waals surface area contributed by atoms with E-state index in [2.05, 4.69) is 26.1 Å². The van der Waals surface area contributed by atoms with Crippen LogP contribution in [0.5, 0.6) is 0 Å². The first-order valence-corrected chi connectivity index (χ1v) is 4.67. The summed E-state index contributed by atoms with van der Waals surface area (Å²) in [6.45, 7) is 1.64. The van der Waals surface area contributed by atoms with Crippen LogP contribution in [0, 0.1) is 4.91 Å². The third-order valence-electron chi connectivity index (χ3n) is 1.62. The maximum Gasteiger partial charge on any atom is 0.131 e.